The molecule has 8 nitrogen and oxygen atoms in total. The van der Waals surface area contributed by atoms with Gasteiger partial charge in [0.15, 0.2) is 0 Å². The van der Waals surface area contributed by atoms with Gasteiger partial charge in [0.25, 0.3) is 10.0 Å². The number of hydrogen-bond acceptors (Lipinski definition) is 6. The van der Waals surface area contributed by atoms with Crippen LogP contribution in [0.5, 0.6) is 0 Å². The lowest BCUT2D eigenvalue weighted by Gasteiger charge is -2.38. The summed E-state index contributed by atoms with van der Waals surface area (Å²) in [6.07, 6.45) is -0.151. The Morgan fingerprint density at radius 1 is 1.03 bits per heavy atom. The maximum absolute atomic E-state index is 13.0. The predicted octanol–water partition coefficient (Wildman–Crippen LogP) is 0.976. The lowest BCUT2D eigenvalue weighted by molar-refractivity contribution is -0.137. The van der Waals surface area contributed by atoms with E-state index < -0.39 is 22.0 Å². The molecule has 10 heteroatoms. The molecule has 1 unspecified atom stereocenters. The number of nitrogens with one attached hydrogen (secondary N) is 1. The summed E-state index contributed by atoms with van der Waals surface area (Å²) in [7, 11) is -3.81. The number of nitrogens with zero attached hydrogens (tertiary/aromatic N) is 3. The number of hydrogen-bond donors (Lipinski definition) is 1. The molecular formula is C20H24N4O4S2. The van der Waals surface area contributed by atoms with Crippen LogP contribution in [0.15, 0.2) is 52.1 Å². The van der Waals surface area contributed by atoms with Crippen LogP contribution in [0.3, 0.4) is 0 Å². The molecular weight excluding hydrogens is 424 g/mol. The number of benzene rings is 1. The number of piperazine rings is 2. The first kappa shape index (κ1) is 20.8. The summed E-state index contributed by atoms with van der Waals surface area (Å²) >= 11 is 1.11. The Balaban J connectivity index is 1.43. The Morgan fingerprint density at radius 3 is 2.43 bits per heavy atom. The number of carbonyl (C=O) groups is 2. The van der Waals surface area contributed by atoms with Crippen LogP contribution in [0.25, 0.3) is 0 Å². The lowest BCUT2D eigenvalue weighted by Crippen LogP contribution is -2.59. The van der Waals surface area contributed by atoms with Crippen LogP contribution >= 0.6 is 11.3 Å². The van der Waals surface area contributed by atoms with Crippen molar-refractivity contribution in [2.75, 3.05) is 44.2 Å². The topological polar surface area (TPSA) is 90.0 Å². The van der Waals surface area contributed by atoms with Gasteiger partial charge in [0.2, 0.25) is 11.8 Å². The largest absolute Gasteiger partial charge is 0.368 e. The summed E-state index contributed by atoms with van der Waals surface area (Å²) in [5.74, 6) is -0.617. The van der Waals surface area contributed by atoms with Gasteiger partial charge < -0.3 is 15.1 Å². The average molecular weight is 449 g/mol. The molecule has 0 saturated carbocycles. The summed E-state index contributed by atoms with van der Waals surface area (Å²) in [6.45, 7) is 2.88. The molecule has 1 N–H and O–H groups in total. The van der Waals surface area contributed by atoms with Crippen molar-refractivity contribution in [2.24, 2.45) is 0 Å². The molecule has 3 heterocycles. The Labute approximate surface area is 180 Å². The molecule has 1 aromatic heterocycles. The fourth-order valence-electron chi connectivity index (χ4n) is 3.85. The fraction of sp³-hybridized carbons (Fsp3) is 0.400. The van der Waals surface area contributed by atoms with E-state index in [-0.39, 0.29) is 29.6 Å². The van der Waals surface area contributed by atoms with Gasteiger partial charge in [-0.2, -0.15) is 4.31 Å². The average Bonchev–Trinajstić information content (AvgIpc) is 3.32. The van der Waals surface area contributed by atoms with Crippen molar-refractivity contribution in [3.8, 4) is 0 Å². The first-order valence-electron chi connectivity index (χ1n) is 9.87. The van der Waals surface area contributed by atoms with Crippen molar-refractivity contribution < 1.29 is 18.0 Å². The quantitative estimate of drug-likeness (QED) is 0.736. The van der Waals surface area contributed by atoms with Crippen molar-refractivity contribution in [1.82, 2.24) is 14.5 Å². The molecule has 0 spiro atoms. The summed E-state index contributed by atoms with van der Waals surface area (Å²) in [4.78, 5) is 29.3. The highest BCUT2D eigenvalue weighted by Gasteiger charge is 2.41. The van der Waals surface area contributed by atoms with Crippen LogP contribution in [0.4, 0.5) is 5.69 Å². The fourth-order valence-corrected chi connectivity index (χ4v) is 6.56. The molecule has 0 radical (unpaired) electrons. The molecule has 1 atom stereocenters. The Kier molecular flexibility index (Phi) is 6.07. The maximum atomic E-state index is 13.0. The van der Waals surface area contributed by atoms with Gasteiger partial charge in [0.1, 0.15) is 10.3 Å². The van der Waals surface area contributed by atoms with E-state index in [1.165, 1.54) is 10.4 Å². The smallest absolute Gasteiger partial charge is 0.253 e. The highest BCUT2D eigenvalue weighted by atomic mass is 32.2. The van der Waals surface area contributed by atoms with Gasteiger partial charge in [0, 0.05) is 45.0 Å². The second kappa shape index (κ2) is 8.75. The van der Waals surface area contributed by atoms with Gasteiger partial charge in [-0.05, 0) is 23.6 Å². The molecule has 4 rings (SSSR count). The third-order valence-electron chi connectivity index (χ3n) is 5.46. The Bertz CT molecular complexity index is 987. The van der Waals surface area contributed by atoms with E-state index in [4.69, 9.17) is 0 Å². The molecule has 30 heavy (non-hydrogen) atoms. The van der Waals surface area contributed by atoms with E-state index in [1.54, 1.807) is 16.3 Å². The normalized spacial score (nSPS) is 20.8. The van der Waals surface area contributed by atoms with Gasteiger partial charge in [-0.25, -0.2) is 8.42 Å². The molecule has 0 bridgehead atoms. The number of para-hydroxylation sites is 1. The number of thiophene rings is 1. The molecule has 2 aliphatic rings. The van der Waals surface area contributed by atoms with E-state index >= 15 is 0 Å². The van der Waals surface area contributed by atoms with Gasteiger partial charge >= 0.3 is 0 Å². The van der Waals surface area contributed by atoms with Gasteiger partial charge in [-0.15, -0.1) is 11.3 Å². The third kappa shape index (κ3) is 4.21. The van der Waals surface area contributed by atoms with Crippen LogP contribution in [-0.2, 0) is 19.6 Å². The summed E-state index contributed by atoms with van der Waals surface area (Å²) in [5, 5.41) is 4.38. The zero-order valence-electron chi connectivity index (χ0n) is 16.4. The number of carbonyl (C=O) groups excluding carboxylic acids is 2. The van der Waals surface area contributed by atoms with Crippen LogP contribution in [0.2, 0.25) is 0 Å². The van der Waals surface area contributed by atoms with Crippen LogP contribution in [0, 0.1) is 0 Å². The predicted molar refractivity (Wildman–Crippen MR) is 115 cm³/mol. The van der Waals surface area contributed by atoms with Crippen molar-refractivity contribution in [3.05, 3.63) is 47.8 Å². The summed E-state index contributed by atoms with van der Waals surface area (Å²) in [6, 6.07) is 12.2. The summed E-state index contributed by atoms with van der Waals surface area (Å²) < 4.78 is 27.3. The van der Waals surface area contributed by atoms with E-state index in [1.807, 2.05) is 30.3 Å². The van der Waals surface area contributed by atoms with E-state index in [0.717, 1.165) is 17.0 Å². The van der Waals surface area contributed by atoms with Gasteiger partial charge in [0.05, 0.1) is 6.42 Å². The highest BCUT2D eigenvalue weighted by Crippen LogP contribution is 2.25. The number of amides is 2. The minimum atomic E-state index is -3.81. The van der Waals surface area contributed by atoms with E-state index in [9.17, 15) is 18.0 Å². The molecule has 2 saturated heterocycles. The van der Waals surface area contributed by atoms with Crippen molar-refractivity contribution in [3.63, 3.8) is 0 Å². The zero-order chi connectivity index (χ0) is 21.1. The van der Waals surface area contributed by atoms with Crippen molar-refractivity contribution in [2.45, 2.75) is 16.7 Å². The molecule has 2 aliphatic heterocycles. The minimum absolute atomic E-state index is 0.151. The third-order valence-corrected chi connectivity index (χ3v) is 8.74. The molecule has 2 amide bonds. The van der Waals surface area contributed by atoms with Crippen LogP contribution in [0.1, 0.15) is 6.42 Å². The standard InChI is InChI=1S/C20H24N4O4S2/c25-18(23-12-10-22(11-13-23)16-5-2-1-3-6-16)15-17-20(26)21-8-9-24(17)30(27,28)19-7-4-14-29-19/h1-7,14,17H,8-13,15H2,(H,21,26). The number of anilines is 1. The molecule has 2 aromatic rings. The second-order valence-electron chi connectivity index (χ2n) is 7.26. The van der Waals surface area contributed by atoms with Gasteiger partial charge in [-0.3, -0.25) is 9.59 Å². The van der Waals surface area contributed by atoms with Crippen LogP contribution in [-0.4, -0.2) is 74.7 Å². The molecule has 2 fully saturated rings. The van der Waals surface area contributed by atoms with E-state index in [0.29, 0.717) is 26.2 Å². The molecule has 0 aliphatic carbocycles. The maximum Gasteiger partial charge on any atom is 0.253 e. The molecule has 1 aromatic carbocycles. The zero-order valence-corrected chi connectivity index (χ0v) is 18.1. The summed E-state index contributed by atoms with van der Waals surface area (Å²) in [5.41, 5.74) is 1.12. The highest BCUT2D eigenvalue weighted by molar-refractivity contribution is 7.91. The second-order valence-corrected chi connectivity index (χ2v) is 10.3. The number of rotatable bonds is 5. The monoisotopic (exact) mass is 448 g/mol. The first-order chi connectivity index (χ1) is 14.5. The van der Waals surface area contributed by atoms with Crippen LogP contribution < -0.4 is 10.2 Å². The van der Waals surface area contributed by atoms with Gasteiger partial charge in [-0.1, -0.05) is 24.3 Å². The Morgan fingerprint density at radius 2 is 1.77 bits per heavy atom. The number of sulfonamides is 1. The SMILES string of the molecule is O=C1NCCN(S(=O)(=O)c2cccs2)C1CC(=O)N1CCN(c2ccccc2)CC1. The van der Waals surface area contributed by atoms with Crippen molar-refractivity contribution in [1.29, 1.82) is 0 Å². The Hall–Kier alpha value is -2.43. The van der Waals surface area contributed by atoms with Crippen molar-refractivity contribution >= 4 is 38.9 Å². The lowest BCUT2D eigenvalue weighted by atomic mass is 10.1. The van der Waals surface area contributed by atoms with E-state index in [2.05, 4.69) is 10.2 Å². The first-order valence-corrected chi connectivity index (χ1v) is 12.2. The molecule has 160 valence electrons. The minimum Gasteiger partial charge on any atom is -0.368 e.